The number of nitrogens with two attached hydrogens (primary N) is 1. The van der Waals surface area contributed by atoms with Gasteiger partial charge >= 0.3 is 0 Å². The summed E-state index contributed by atoms with van der Waals surface area (Å²) in [4.78, 5) is 5.27. The summed E-state index contributed by atoms with van der Waals surface area (Å²) in [6.45, 7) is 6.59. The van der Waals surface area contributed by atoms with Gasteiger partial charge in [-0.3, -0.25) is 0 Å². The Morgan fingerprint density at radius 2 is 1.75 bits per heavy atom. The Hall–Kier alpha value is -1.19. The quantitative estimate of drug-likeness (QED) is 0.793. The fourth-order valence-corrected chi connectivity index (χ4v) is 2.95. The summed E-state index contributed by atoms with van der Waals surface area (Å²) < 4.78 is 0. The minimum Gasteiger partial charge on any atom is -0.383 e. The molecule has 0 spiro atoms. The van der Waals surface area contributed by atoms with Gasteiger partial charge < -0.3 is 5.73 Å². The number of rotatable bonds is 2. The summed E-state index contributed by atoms with van der Waals surface area (Å²) >= 11 is 7.76. The standard InChI is InChI=1S/C16H19ClN2S/c1-16(2,3)11-7-5-10(6-8-11)13-9-12(17)14(20-4)15(18)19-13/h5-9H,1-4H3,(H2,18,19). The van der Waals surface area contributed by atoms with Gasteiger partial charge in [0.05, 0.1) is 15.6 Å². The molecule has 2 aromatic rings. The van der Waals surface area contributed by atoms with Crippen molar-refractivity contribution >= 4 is 29.2 Å². The van der Waals surface area contributed by atoms with E-state index in [4.69, 9.17) is 17.3 Å². The van der Waals surface area contributed by atoms with E-state index in [9.17, 15) is 0 Å². The Morgan fingerprint density at radius 3 is 2.20 bits per heavy atom. The Balaban J connectivity index is 2.42. The zero-order chi connectivity index (χ0) is 14.9. The topological polar surface area (TPSA) is 38.9 Å². The van der Waals surface area contributed by atoms with E-state index in [0.717, 1.165) is 16.2 Å². The zero-order valence-electron chi connectivity index (χ0n) is 12.2. The second-order valence-corrected chi connectivity index (χ2v) is 6.96. The molecule has 0 aliphatic carbocycles. The van der Waals surface area contributed by atoms with Gasteiger partial charge in [0.1, 0.15) is 5.82 Å². The van der Waals surface area contributed by atoms with E-state index in [1.54, 1.807) is 0 Å². The van der Waals surface area contributed by atoms with Crippen LogP contribution >= 0.6 is 23.4 Å². The molecule has 0 atom stereocenters. The molecule has 20 heavy (non-hydrogen) atoms. The van der Waals surface area contributed by atoms with E-state index in [2.05, 4.69) is 50.0 Å². The first-order valence-electron chi connectivity index (χ1n) is 6.44. The highest BCUT2D eigenvalue weighted by Crippen LogP contribution is 2.34. The maximum absolute atomic E-state index is 6.25. The van der Waals surface area contributed by atoms with Crippen molar-refractivity contribution in [2.24, 2.45) is 0 Å². The largest absolute Gasteiger partial charge is 0.383 e. The van der Waals surface area contributed by atoms with Gasteiger partial charge in [0.25, 0.3) is 0 Å². The lowest BCUT2D eigenvalue weighted by atomic mass is 9.86. The van der Waals surface area contributed by atoms with Gasteiger partial charge in [-0.25, -0.2) is 4.98 Å². The molecule has 0 bridgehead atoms. The van der Waals surface area contributed by atoms with Crippen LogP contribution in [0.2, 0.25) is 5.02 Å². The van der Waals surface area contributed by atoms with Crippen LogP contribution in [0.4, 0.5) is 5.82 Å². The number of hydrogen-bond donors (Lipinski definition) is 1. The van der Waals surface area contributed by atoms with Crippen molar-refractivity contribution in [2.75, 3.05) is 12.0 Å². The van der Waals surface area contributed by atoms with Crippen molar-refractivity contribution < 1.29 is 0 Å². The Bertz CT molecular complexity index is 592. The van der Waals surface area contributed by atoms with Crippen molar-refractivity contribution in [2.45, 2.75) is 31.1 Å². The fourth-order valence-electron chi connectivity index (χ4n) is 2.01. The third-order valence-corrected chi connectivity index (χ3v) is 4.45. The third-order valence-electron chi connectivity index (χ3n) is 3.20. The van der Waals surface area contributed by atoms with Crippen LogP contribution in [0.5, 0.6) is 0 Å². The van der Waals surface area contributed by atoms with Crippen molar-refractivity contribution in [1.82, 2.24) is 4.98 Å². The van der Waals surface area contributed by atoms with Crippen LogP contribution in [0.25, 0.3) is 11.3 Å². The molecule has 2 rings (SSSR count). The van der Waals surface area contributed by atoms with E-state index in [1.807, 2.05) is 12.3 Å². The molecular weight excluding hydrogens is 288 g/mol. The van der Waals surface area contributed by atoms with Crippen LogP contribution < -0.4 is 5.73 Å². The number of nitrogens with zero attached hydrogens (tertiary/aromatic N) is 1. The van der Waals surface area contributed by atoms with E-state index in [0.29, 0.717) is 10.8 Å². The molecule has 0 amide bonds. The lowest BCUT2D eigenvalue weighted by Gasteiger charge is -2.19. The lowest BCUT2D eigenvalue weighted by molar-refractivity contribution is 0.590. The van der Waals surface area contributed by atoms with Crippen LogP contribution in [-0.4, -0.2) is 11.2 Å². The molecule has 0 saturated heterocycles. The molecule has 0 aliphatic heterocycles. The highest BCUT2D eigenvalue weighted by atomic mass is 35.5. The highest BCUT2D eigenvalue weighted by molar-refractivity contribution is 7.98. The first kappa shape index (κ1) is 15.2. The average Bonchev–Trinajstić information content (AvgIpc) is 2.37. The summed E-state index contributed by atoms with van der Waals surface area (Å²) in [7, 11) is 0. The minimum absolute atomic E-state index is 0.144. The van der Waals surface area contributed by atoms with Gasteiger partial charge in [-0.05, 0) is 23.3 Å². The Morgan fingerprint density at radius 1 is 1.15 bits per heavy atom. The van der Waals surface area contributed by atoms with Crippen LogP contribution in [0.15, 0.2) is 35.2 Å². The van der Waals surface area contributed by atoms with Crippen molar-refractivity contribution in [3.05, 3.63) is 40.9 Å². The van der Waals surface area contributed by atoms with Gasteiger partial charge in [-0.1, -0.05) is 56.6 Å². The normalized spacial score (nSPS) is 11.7. The van der Waals surface area contributed by atoms with Gasteiger partial charge in [0.2, 0.25) is 0 Å². The minimum atomic E-state index is 0.144. The monoisotopic (exact) mass is 306 g/mol. The summed E-state index contributed by atoms with van der Waals surface area (Å²) in [5.41, 5.74) is 9.23. The van der Waals surface area contributed by atoms with Gasteiger partial charge in [0.15, 0.2) is 0 Å². The van der Waals surface area contributed by atoms with E-state index in [-0.39, 0.29) is 5.41 Å². The molecule has 0 fully saturated rings. The van der Waals surface area contributed by atoms with Crippen molar-refractivity contribution in [3.8, 4) is 11.3 Å². The second kappa shape index (κ2) is 5.66. The molecule has 4 heteroatoms. The van der Waals surface area contributed by atoms with Crippen LogP contribution in [0, 0.1) is 0 Å². The van der Waals surface area contributed by atoms with E-state index >= 15 is 0 Å². The molecule has 2 nitrogen and oxygen atoms in total. The molecule has 1 aromatic heterocycles. The van der Waals surface area contributed by atoms with Crippen LogP contribution in [0.1, 0.15) is 26.3 Å². The number of anilines is 1. The molecule has 0 saturated carbocycles. The predicted octanol–water partition coefficient (Wildman–Crippen LogP) is 5.00. The molecule has 0 unspecified atom stereocenters. The smallest absolute Gasteiger partial charge is 0.139 e. The molecule has 1 aromatic carbocycles. The molecule has 2 N–H and O–H groups in total. The van der Waals surface area contributed by atoms with Crippen molar-refractivity contribution in [3.63, 3.8) is 0 Å². The van der Waals surface area contributed by atoms with E-state index in [1.165, 1.54) is 17.3 Å². The summed E-state index contributed by atoms with van der Waals surface area (Å²) in [6, 6.07) is 10.3. The average molecular weight is 307 g/mol. The fraction of sp³-hybridized carbons (Fsp3) is 0.312. The number of benzene rings is 1. The zero-order valence-corrected chi connectivity index (χ0v) is 13.8. The van der Waals surface area contributed by atoms with Crippen molar-refractivity contribution in [1.29, 1.82) is 0 Å². The number of pyridine rings is 1. The van der Waals surface area contributed by atoms with Crippen LogP contribution in [0.3, 0.4) is 0 Å². The number of hydrogen-bond acceptors (Lipinski definition) is 3. The summed E-state index contributed by atoms with van der Waals surface area (Å²) in [6.07, 6.45) is 1.94. The summed E-state index contributed by atoms with van der Waals surface area (Å²) in [5, 5.41) is 0.653. The number of thioether (sulfide) groups is 1. The van der Waals surface area contributed by atoms with Gasteiger partial charge in [-0.2, -0.15) is 0 Å². The number of aromatic nitrogens is 1. The lowest BCUT2D eigenvalue weighted by Crippen LogP contribution is -2.10. The molecular formula is C16H19ClN2S. The SMILES string of the molecule is CSc1c(Cl)cc(-c2ccc(C(C)(C)C)cc2)nc1N. The number of nitrogen functional groups attached to an aromatic ring is 1. The third kappa shape index (κ3) is 3.10. The van der Waals surface area contributed by atoms with Crippen LogP contribution in [-0.2, 0) is 5.41 Å². The first-order chi connectivity index (χ1) is 9.32. The Kier molecular flexibility index (Phi) is 4.31. The maximum Gasteiger partial charge on any atom is 0.139 e. The van der Waals surface area contributed by atoms with Gasteiger partial charge in [-0.15, -0.1) is 11.8 Å². The highest BCUT2D eigenvalue weighted by Gasteiger charge is 2.14. The molecule has 0 radical (unpaired) electrons. The number of halogens is 1. The van der Waals surface area contributed by atoms with E-state index < -0.39 is 0 Å². The Labute approximate surface area is 129 Å². The molecule has 106 valence electrons. The second-order valence-electron chi connectivity index (χ2n) is 5.74. The summed E-state index contributed by atoms with van der Waals surface area (Å²) in [5.74, 6) is 0.486. The molecule has 1 heterocycles. The van der Waals surface area contributed by atoms with Gasteiger partial charge in [0, 0.05) is 5.56 Å². The first-order valence-corrected chi connectivity index (χ1v) is 8.04. The maximum atomic E-state index is 6.25. The molecule has 0 aliphatic rings. The predicted molar refractivity (Wildman–Crippen MR) is 89.6 cm³/mol.